The number of imidazole rings is 1. The van der Waals surface area contributed by atoms with Gasteiger partial charge in [0.25, 0.3) is 0 Å². The van der Waals surface area contributed by atoms with E-state index in [0.29, 0.717) is 18.4 Å². The zero-order chi connectivity index (χ0) is 18.1. The smallest absolute Gasteiger partial charge is 0.222 e. The second kappa shape index (κ2) is 6.74. The minimum Gasteiger partial charge on any atom is -0.368 e. The molecule has 9 nitrogen and oxygen atoms in total. The lowest BCUT2D eigenvalue weighted by Gasteiger charge is -2.33. The van der Waals surface area contributed by atoms with Gasteiger partial charge in [0, 0.05) is 50.2 Å². The molecule has 4 rings (SSSR count). The highest BCUT2D eigenvalue weighted by molar-refractivity contribution is 5.44. The van der Waals surface area contributed by atoms with Crippen molar-refractivity contribution in [2.75, 3.05) is 23.7 Å². The quantitative estimate of drug-likeness (QED) is 0.749. The first kappa shape index (κ1) is 16.5. The van der Waals surface area contributed by atoms with Gasteiger partial charge in [-0.15, -0.1) is 10.2 Å². The predicted molar refractivity (Wildman–Crippen MR) is 97.7 cm³/mol. The fourth-order valence-electron chi connectivity index (χ4n) is 3.54. The summed E-state index contributed by atoms with van der Waals surface area (Å²) in [5, 5.41) is 8.87. The lowest BCUT2D eigenvalue weighted by atomic mass is 9.97. The molecule has 1 aliphatic rings. The fraction of sp³-hybridized carbons (Fsp3) is 0.471. The van der Waals surface area contributed by atoms with E-state index in [4.69, 9.17) is 5.73 Å². The molecule has 4 heterocycles. The number of nitrogens with two attached hydrogens (primary N) is 1. The van der Waals surface area contributed by atoms with E-state index in [0.717, 1.165) is 49.1 Å². The van der Waals surface area contributed by atoms with Gasteiger partial charge in [-0.25, -0.2) is 9.97 Å². The van der Waals surface area contributed by atoms with Crippen molar-refractivity contribution in [1.82, 2.24) is 34.3 Å². The van der Waals surface area contributed by atoms with Gasteiger partial charge >= 0.3 is 0 Å². The highest BCUT2D eigenvalue weighted by atomic mass is 15.3. The SMILES string of the molecule is Cc1cc(N2CCCC(c3nnc(Cn4ccnc4)n3C)C2)nc(N)n1. The molecule has 136 valence electrons. The van der Waals surface area contributed by atoms with Crippen molar-refractivity contribution in [3.8, 4) is 0 Å². The summed E-state index contributed by atoms with van der Waals surface area (Å²) in [4.78, 5) is 14.9. The first-order valence-electron chi connectivity index (χ1n) is 8.80. The Balaban J connectivity index is 1.53. The largest absolute Gasteiger partial charge is 0.368 e. The van der Waals surface area contributed by atoms with E-state index < -0.39 is 0 Å². The van der Waals surface area contributed by atoms with E-state index in [2.05, 4.69) is 34.6 Å². The molecule has 0 radical (unpaired) electrons. The van der Waals surface area contributed by atoms with E-state index in [1.54, 1.807) is 12.5 Å². The Morgan fingerprint density at radius 3 is 2.92 bits per heavy atom. The molecule has 3 aromatic rings. The first-order valence-corrected chi connectivity index (χ1v) is 8.80. The van der Waals surface area contributed by atoms with Crippen molar-refractivity contribution in [1.29, 1.82) is 0 Å². The molecule has 0 aromatic carbocycles. The van der Waals surface area contributed by atoms with Crippen LogP contribution in [0.3, 0.4) is 0 Å². The zero-order valence-electron chi connectivity index (χ0n) is 15.1. The van der Waals surface area contributed by atoms with Crippen LogP contribution < -0.4 is 10.6 Å². The average Bonchev–Trinajstić information content (AvgIpc) is 3.25. The van der Waals surface area contributed by atoms with Gasteiger partial charge < -0.3 is 19.8 Å². The van der Waals surface area contributed by atoms with E-state index >= 15 is 0 Å². The molecule has 0 bridgehead atoms. The van der Waals surface area contributed by atoms with E-state index in [9.17, 15) is 0 Å². The molecule has 1 saturated heterocycles. The fourth-order valence-corrected chi connectivity index (χ4v) is 3.54. The zero-order valence-corrected chi connectivity index (χ0v) is 15.1. The summed E-state index contributed by atoms with van der Waals surface area (Å²) < 4.78 is 4.10. The van der Waals surface area contributed by atoms with E-state index in [1.807, 2.05) is 30.8 Å². The normalized spacial score (nSPS) is 17.6. The van der Waals surface area contributed by atoms with Crippen LogP contribution in [0.25, 0.3) is 0 Å². The lowest BCUT2D eigenvalue weighted by Crippen LogP contribution is -2.36. The molecular formula is C17H23N9. The number of hydrogen-bond donors (Lipinski definition) is 1. The summed E-state index contributed by atoms with van der Waals surface area (Å²) in [6.07, 6.45) is 7.66. The third-order valence-electron chi connectivity index (χ3n) is 4.85. The second-order valence-electron chi connectivity index (χ2n) is 6.78. The van der Waals surface area contributed by atoms with Gasteiger partial charge in [-0.3, -0.25) is 0 Å². The minimum absolute atomic E-state index is 0.314. The highest BCUT2D eigenvalue weighted by Crippen LogP contribution is 2.28. The van der Waals surface area contributed by atoms with Gasteiger partial charge in [-0.2, -0.15) is 4.98 Å². The van der Waals surface area contributed by atoms with Crippen molar-refractivity contribution in [3.05, 3.63) is 42.1 Å². The van der Waals surface area contributed by atoms with Crippen LogP contribution in [-0.4, -0.2) is 47.4 Å². The van der Waals surface area contributed by atoms with Crippen LogP contribution in [0.4, 0.5) is 11.8 Å². The van der Waals surface area contributed by atoms with Crippen LogP contribution in [0.2, 0.25) is 0 Å². The Labute approximate surface area is 151 Å². The predicted octanol–water partition coefficient (Wildman–Crippen LogP) is 1.12. The van der Waals surface area contributed by atoms with Crippen LogP contribution >= 0.6 is 0 Å². The summed E-state index contributed by atoms with van der Waals surface area (Å²) in [6.45, 7) is 4.43. The van der Waals surface area contributed by atoms with Crippen molar-refractivity contribution in [2.45, 2.75) is 32.2 Å². The summed E-state index contributed by atoms with van der Waals surface area (Å²) in [5.74, 6) is 3.47. The van der Waals surface area contributed by atoms with Crippen LogP contribution in [0.15, 0.2) is 24.8 Å². The molecule has 0 amide bonds. The van der Waals surface area contributed by atoms with Crippen LogP contribution in [-0.2, 0) is 13.6 Å². The molecule has 0 aliphatic carbocycles. The highest BCUT2D eigenvalue weighted by Gasteiger charge is 2.27. The molecule has 0 spiro atoms. The topological polar surface area (TPSA) is 104 Å². The number of piperidine rings is 1. The second-order valence-corrected chi connectivity index (χ2v) is 6.78. The van der Waals surface area contributed by atoms with Crippen molar-refractivity contribution < 1.29 is 0 Å². The Kier molecular flexibility index (Phi) is 4.27. The third-order valence-corrected chi connectivity index (χ3v) is 4.85. The molecule has 2 N–H and O–H groups in total. The minimum atomic E-state index is 0.314. The number of nitrogen functional groups attached to an aromatic ring is 1. The van der Waals surface area contributed by atoms with Crippen molar-refractivity contribution in [3.63, 3.8) is 0 Å². The van der Waals surface area contributed by atoms with Crippen molar-refractivity contribution >= 4 is 11.8 Å². The molecule has 3 aromatic heterocycles. The Bertz CT molecular complexity index is 864. The Morgan fingerprint density at radius 1 is 1.27 bits per heavy atom. The Hall–Kier alpha value is -2.97. The van der Waals surface area contributed by atoms with Gasteiger partial charge in [-0.1, -0.05) is 0 Å². The summed E-state index contributed by atoms with van der Waals surface area (Å²) >= 11 is 0. The molecule has 1 unspecified atom stereocenters. The summed E-state index contributed by atoms with van der Waals surface area (Å²) in [5.41, 5.74) is 6.71. The molecule has 1 atom stereocenters. The maximum atomic E-state index is 5.82. The van der Waals surface area contributed by atoms with E-state index in [1.165, 1.54) is 0 Å². The van der Waals surface area contributed by atoms with Gasteiger partial charge in [0.05, 0.1) is 12.9 Å². The molecule has 9 heteroatoms. The van der Waals surface area contributed by atoms with Gasteiger partial charge in [-0.05, 0) is 19.8 Å². The molecular weight excluding hydrogens is 330 g/mol. The molecule has 26 heavy (non-hydrogen) atoms. The number of rotatable bonds is 4. The van der Waals surface area contributed by atoms with E-state index in [-0.39, 0.29) is 0 Å². The van der Waals surface area contributed by atoms with Gasteiger partial charge in [0.1, 0.15) is 11.6 Å². The number of hydrogen-bond acceptors (Lipinski definition) is 7. The molecule has 0 saturated carbocycles. The van der Waals surface area contributed by atoms with Crippen molar-refractivity contribution in [2.24, 2.45) is 7.05 Å². The monoisotopic (exact) mass is 353 g/mol. The number of anilines is 2. The first-order chi connectivity index (χ1) is 12.6. The van der Waals surface area contributed by atoms with Crippen LogP contribution in [0.5, 0.6) is 0 Å². The standard InChI is InChI=1S/C17H23N9/c1-12-8-14(21-17(18)20-12)26-6-3-4-13(9-26)16-23-22-15(24(16)2)10-25-7-5-19-11-25/h5,7-8,11,13H,3-4,6,9-10H2,1-2H3,(H2,18,20,21). The Morgan fingerprint density at radius 2 is 2.15 bits per heavy atom. The average molecular weight is 353 g/mol. The number of aryl methyl sites for hydroxylation is 1. The molecule has 1 aliphatic heterocycles. The van der Waals surface area contributed by atoms with Crippen LogP contribution in [0.1, 0.15) is 36.1 Å². The summed E-state index contributed by atoms with van der Waals surface area (Å²) in [6, 6.07) is 1.99. The lowest BCUT2D eigenvalue weighted by molar-refractivity contribution is 0.475. The number of aromatic nitrogens is 7. The summed E-state index contributed by atoms with van der Waals surface area (Å²) in [7, 11) is 2.04. The van der Waals surface area contributed by atoms with Gasteiger partial charge in [0.2, 0.25) is 5.95 Å². The maximum absolute atomic E-state index is 5.82. The third kappa shape index (κ3) is 3.24. The maximum Gasteiger partial charge on any atom is 0.222 e. The van der Waals surface area contributed by atoms with Crippen LogP contribution in [0, 0.1) is 6.92 Å². The molecule has 1 fully saturated rings. The number of nitrogens with zero attached hydrogens (tertiary/aromatic N) is 8. The van der Waals surface area contributed by atoms with Gasteiger partial charge in [0.15, 0.2) is 5.82 Å².